The molecule has 1 aliphatic rings. The van der Waals surface area contributed by atoms with Gasteiger partial charge in [0.1, 0.15) is 11.5 Å². The molecule has 0 saturated carbocycles. The maximum Gasteiger partial charge on any atom is 0.633 e. The second-order valence-electron chi connectivity index (χ2n) is 4.15. The Balaban J connectivity index is 1.90. The average Bonchev–Trinajstić information content (AvgIpc) is 2.83. The van der Waals surface area contributed by atoms with Gasteiger partial charge in [0.2, 0.25) is 0 Å². The Hall–Kier alpha value is -1.94. The number of methoxy groups -OCH3 is 1. The first kappa shape index (κ1) is 11.2. The molecule has 0 unspecified atom stereocenters. The van der Waals surface area contributed by atoms with Gasteiger partial charge in [0.15, 0.2) is 0 Å². The van der Waals surface area contributed by atoms with Gasteiger partial charge in [-0.2, -0.15) is 0 Å². The molecule has 2 aromatic rings. The zero-order valence-corrected chi connectivity index (χ0v) is 10.1. The monoisotopic (exact) mass is 240 g/mol. The summed E-state index contributed by atoms with van der Waals surface area (Å²) in [5, 5.41) is 0. The van der Waals surface area contributed by atoms with Crippen molar-refractivity contribution < 1.29 is 14.0 Å². The summed E-state index contributed by atoms with van der Waals surface area (Å²) >= 11 is 0. The largest absolute Gasteiger partial charge is 0.633 e. The van der Waals surface area contributed by atoms with Gasteiger partial charge in [0.25, 0.3) is 0 Å². The molecule has 0 saturated heterocycles. The first-order valence-electron chi connectivity index (χ1n) is 5.87. The number of hydrogen-bond donors (Lipinski definition) is 0. The Labute approximate surface area is 106 Å². The van der Waals surface area contributed by atoms with Crippen LogP contribution < -0.4 is 14.8 Å². The SMILES string of the molecule is COCc1ccccc1B1Oc2ccccc2O1. The number of fused-ring (bicyclic) bond motifs is 1. The summed E-state index contributed by atoms with van der Waals surface area (Å²) in [7, 11) is 1.30. The van der Waals surface area contributed by atoms with Gasteiger partial charge in [-0.1, -0.05) is 36.4 Å². The molecule has 0 aromatic heterocycles. The molecule has 0 amide bonds. The van der Waals surface area contributed by atoms with Crippen LogP contribution in [0.5, 0.6) is 11.5 Å². The van der Waals surface area contributed by atoms with Crippen LogP contribution in [0.2, 0.25) is 0 Å². The van der Waals surface area contributed by atoms with Crippen molar-refractivity contribution in [2.45, 2.75) is 6.61 Å². The fourth-order valence-electron chi connectivity index (χ4n) is 2.08. The molecule has 90 valence electrons. The normalized spacial score (nSPS) is 12.8. The van der Waals surface area contributed by atoms with Crippen LogP contribution in [0.4, 0.5) is 0 Å². The maximum absolute atomic E-state index is 5.80. The topological polar surface area (TPSA) is 27.7 Å². The van der Waals surface area contributed by atoms with Gasteiger partial charge in [-0.05, 0) is 17.7 Å². The van der Waals surface area contributed by atoms with Gasteiger partial charge in [0, 0.05) is 12.6 Å². The summed E-state index contributed by atoms with van der Waals surface area (Å²) in [6.07, 6.45) is 0. The maximum atomic E-state index is 5.80. The van der Waals surface area contributed by atoms with Crippen LogP contribution >= 0.6 is 0 Å². The minimum atomic E-state index is -0.381. The van der Waals surface area contributed by atoms with E-state index in [1.165, 1.54) is 0 Å². The standard InChI is InChI=1S/C14H13BO3/c1-16-10-11-6-2-3-7-12(11)15-17-13-8-4-5-9-14(13)18-15/h2-9H,10H2,1H3. The molecule has 3 rings (SSSR count). The summed E-state index contributed by atoms with van der Waals surface area (Å²) in [6.45, 7) is 0.551. The van der Waals surface area contributed by atoms with Crippen molar-refractivity contribution in [1.82, 2.24) is 0 Å². The lowest BCUT2D eigenvalue weighted by atomic mass is 9.76. The molecular formula is C14H13BO3. The molecule has 0 N–H and O–H groups in total. The molecule has 0 bridgehead atoms. The molecule has 18 heavy (non-hydrogen) atoms. The fraction of sp³-hybridized carbons (Fsp3) is 0.143. The van der Waals surface area contributed by atoms with Crippen molar-refractivity contribution >= 4 is 12.6 Å². The quantitative estimate of drug-likeness (QED) is 0.768. The molecule has 0 spiro atoms. The van der Waals surface area contributed by atoms with E-state index in [2.05, 4.69) is 0 Å². The van der Waals surface area contributed by atoms with E-state index < -0.39 is 0 Å². The summed E-state index contributed by atoms with van der Waals surface area (Å²) < 4.78 is 16.8. The number of benzene rings is 2. The first-order valence-corrected chi connectivity index (χ1v) is 5.87. The van der Waals surface area contributed by atoms with Crippen LogP contribution in [0.1, 0.15) is 5.56 Å². The van der Waals surface area contributed by atoms with Crippen molar-refractivity contribution in [2.75, 3.05) is 7.11 Å². The number of hydrogen-bond acceptors (Lipinski definition) is 3. The van der Waals surface area contributed by atoms with Crippen LogP contribution in [0.3, 0.4) is 0 Å². The zero-order valence-electron chi connectivity index (χ0n) is 10.1. The number of rotatable bonds is 3. The summed E-state index contributed by atoms with van der Waals surface area (Å²) in [5.74, 6) is 1.57. The average molecular weight is 240 g/mol. The highest BCUT2D eigenvalue weighted by Crippen LogP contribution is 2.32. The third-order valence-electron chi connectivity index (χ3n) is 2.93. The van der Waals surface area contributed by atoms with Crippen molar-refractivity contribution in [3.05, 3.63) is 54.1 Å². The zero-order chi connectivity index (χ0) is 12.4. The Morgan fingerprint density at radius 2 is 1.56 bits per heavy atom. The summed E-state index contributed by atoms with van der Waals surface area (Å²) in [4.78, 5) is 0. The van der Waals surface area contributed by atoms with Gasteiger partial charge in [-0.3, -0.25) is 0 Å². The van der Waals surface area contributed by atoms with E-state index in [1.54, 1.807) is 7.11 Å². The van der Waals surface area contributed by atoms with E-state index >= 15 is 0 Å². The van der Waals surface area contributed by atoms with E-state index in [0.717, 1.165) is 22.5 Å². The Morgan fingerprint density at radius 3 is 2.22 bits per heavy atom. The molecule has 2 aromatic carbocycles. The van der Waals surface area contributed by atoms with Gasteiger partial charge >= 0.3 is 7.12 Å². The van der Waals surface area contributed by atoms with Crippen LogP contribution in [0, 0.1) is 0 Å². The predicted octanol–water partition coefficient (Wildman–Crippen LogP) is 2.00. The predicted molar refractivity (Wildman–Crippen MR) is 70.2 cm³/mol. The molecule has 1 aliphatic heterocycles. The molecule has 0 aliphatic carbocycles. The second kappa shape index (κ2) is 4.74. The Bertz CT molecular complexity index is 531. The van der Waals surface area contributed by atoms with Gasteiger partial charge in [0.05, 0.1) is 6.61 Å². The molecule has 0 fully saturated rings. The highest BCUT2D eigenvalue weighted by Gasteiger charge is 2.35. The molecule has 1 heterocycles. The Kier molecular flexibility index (Phi) is 2.94. The van der Waals surface area contributed by atoms with Crippen molar-refractivity contribution in [2.24, 2.45) is 0 Å². The smallest absolute Gasteiger partial charge is 0.519 e. The van der Waals surface area contributed by atoms with E-state index in [0.29, 0.717) is 6.61 Å². The van der Waals surface area contributed by atoms with Crippen LogP contribution in [-0.2, 0) is 11.3 Å². The third kappa shape index (κ3) is 1.95. The lowest BCUT2D eigenvalue weighted by Crippen LogP contribution is -2.41. The highest BCUT2D eigenvalue weighted by molar-refractivity contribution is 6.64. The summed E-state index contributed by atoms with van der Waals surface area (Å²) in [5.41, 5.74) is 2.09. The van der Waals surface area contributed by atoms with E-state index in [1.807, 2.05) is 48.5 Å². The Morgan fingerprint density at radius 1 is 0.944 bits per heavy atom. The molecule has 0 atom stereocenters. The van der Waals surface area contributed by atoms with E-state index in [4.69, 9.17) is 14.0 Å². The number of para-hydroxylation sites is 2. The molecular weight excluding hydrogens is 227 g/mol. The lowest BCUT2D eigenvalue weighted by molar-refractivity contribution is 0.185. The highest BCUT2D eigenvalue weighted by atomic mass is 16.6. The minimum absolute atomic E-state index is 0.381. The fourth-order valence-corrected chi connectivity index (χ4v) is 2.08. The number of ether oxygens (including phenoxy) is 1. The molecule has 0 radical (unpaired) electrons. The molecule has 4 heteroatoms. The van der Waals surface area contributed by atoms with Crippen molar-refractivity contribution in [1.29, 1.82) is 0 Å². The second-order valence-corrected chi connectivity index (χ2v) is 4.15. The van der Waals surface area contributed by atoms with Gasteiger partial charge < -0.3 is 14.0 Å². The van der Waals surface area contributed by atoms with Crippen molar-refractivity contribution in [3.63, 3.8) is 0 Å². The van der Waals surface area contributed by atoms with Crippen molar-refractivity contribution in [3.8, 4) is 11.5 Å². The van der Waals surface area contributed by atoms with Crippen LogP contribution in [0.15, 0.2) is 48.5 Å². The van der Waals surface area contributed by atoms with E-state index in [-0.39, 0.29) is 7.12 Å². The van der Waals surface area contributed by atoms with E-state index in [9.17, 15) is 0 Å². The first-order chi connectivity index (χ1) is 8.88. The van der Waals surface area contributed by atoms with Crippen LogP contribution in [-0.4, -0.2) is 14.2 Å². The van der Waals surface area contributed by atoms with Crippen LogP contribution in [0.25, 0.3) is 0 Å². The molecule has 3 nitrogen and oxygen atoms in total. The third-order valence-corrected chi connectivity index (χ3v) is 2.93. The van der Waals surface area contributed by atoms with Gasteiger partial charge in [-0.25, -0.2) is 0 Å². The lowest BCUT2D eigenvalue weighted by Gasteiger charge is -2.10. The minimum Gasteiger partial charge on any atom is -0.519 e. The van der Waals surface area contributed by atoms with Gasteiger partial charge in [-0.15, -0.1) is 0 Å². The summed E-state index contributed by atoms with van der Waals surface area (Å²) in [6, 6.07) is 15.7.